The van der Waals surface area contributed by atoms with Gasteiger partial charge in [-0.15, -0.1) is 0 Å². The maximum Gasteiger partial charge on any atom is 0.308 e. The van der Waals surface area contributed by atoms with E-state index in [0.29, 0.717) is 10.6 Å². The van der Waals surface area contributed by atoms with E-state index in [0.717, 1.165) is 0 Å². The minimum absolute atomic E-state index is 0.00386. The van der Waals surface area contributed by atoms with Crippen molar-refractivity contribution in [3.05, 3.63) is 69.2 Å². The van der Waals surface area contributed by atoms with E-state index in [9.17, 15) is 24.5 Å². The lowest BCUT2D eigenvalue weighted by Gasteiger charge is -2.17. The normalized spacial score (nSPS) is 11.2. The number of ether oxygens (including phenoxy) is 1. The first kappa shape index (κ1) is 21.8. The second-order valence-electron chi connectivity index (χ2n) is 5.99. The summed E-state index contributed by atoms with van der Waals surface area (Å²) in [5.74, 6) is -1.79. The molecule has 0 saturated heterocycles. The Hall–Kier alpha value is -3.46. The Balaban J connectivity index is 1.94. The van der Waals surface area contributed by atoms with Gasteiger partial charge in [-0.1, -0.05) is 35.9 Å². The summed E-state index contributed by atoms with van der Waals surface area (Å²) in [5, 5.41) is 16.4. The van der Waals surface area contributed by atoms with Crippen LogP contribution in [0.3, 0.4) is 0 Å². The zero-order valence-corrected chi connectivity index (χ0v) is 16.1. The van der Waals surface area contributed by atoms with Gasteiger partial charge in [0, 0.05) is 18.0 Å². The van der Waals surface area contributed by atoms with Crippen molar-refractivity contribution in [1.82, 2.24) is 5.32 Å². The van der Waals surface area contributed by atoms with Crippen molar-refractivity contribution in [2.45, 2.75) is 19.4 Å². The fourth-order valence-corrected chi connectivity index (χ4v) is 2.62. The molecule has 2 rings (SSSR count). The van der Waals surface area contributed by atoms with Crippen molar-refractivity contribution < 1.29 is 24.0 Å². The number of esters is 1. The van der Waals surface area contributed by atoms with Gasteiger partial charge in [-0.25, -0.2) is 0 Å². The summed E-state index contributed by atoms with van der Waals surface area (Å²) in [6, 6.07) is 11.5. The molecule has 1 unspecified atom stereocenters. The molecular weight excluding hydrogens is 402 g/mol. The summed E-state index contributed by atoms with van der Waals surface area (Å²) in [5.41, 5.74) is 0.363. The number of benzene rings is 2. The topological polar surface area (TPSA) is 128 Å². The third kappa shape index (κ3) is 6.89. The zero-order valence-electron chi connectivity index (χ0n) is 15.4. The van der Waals surface area contributed by atoms with E-state index in [-0.39, 0.29) is 23.7 Å². The van der Waals surface area contributed by atoms with Crippen LogP contribution in [0.15, 0.2) is 48.5 Å². The van der Waals surface area contributed by atoms with Crippen LogP contribution in [0.25, 0.3) is 0 Å². The Bertz CT molecular complexity index is 916. The van der Waals surface area contributed by atoms with E-state index in [1.54, 1.807) is 24.3 Å². The average molecular weight is 420 g/mol. The lowest BCUT2D eigenvalue weighted by molar-refractivity contribution is -0.383. The number of carbonyl (C=O) groups excluding carboxylic acids is 3. The lowest BCUT2D eigenvalue weighted by atomic mass is 10.0. The van der Waals surface area contributed by atoms with E-state index >= 15 is 0 Å². The van der Waals surface area contributed by atoms with Crippen LogP contribution in [0.1, 0.15) is 24.9 Å². The summed E-state index contributed by atoms with van der Waals surface area (Å²) in [6.45, 7) is 0.687. The molecule has 2 aromatic carbocycles. The molecule has 0 radical (unpaired) electrons. The Morgan fingerprint density at radius 1 is 1.14 bits per heavy atom. The summed E-state index contributed by atoms with van der Waals surface area (Å²) in [6.07, 6.45) is -0.208. The molecule has 0 bridgehead atoms. The molecule has 1 atom stereocenters. The van der Waals surface area contributed by atoms with Gasteiger partial charge in [0.1, 0.15) is 5.69 Å². The van der Waals surface area contributed by atoms with Gasteiger partial charge >= 0.3 is 5.97 Å². The first-order valence-corrected chi connectivity index (χ1v) is 8.85. The summed E-state index contributed by atoms with van der Waals surface area (Å²) < 4.78 is 4.94. The molecule has 0 saturated carbocycles. The first-order chi connectivity index (χ1) is 13.8. The molecule has 0 aliphatic carbocycles. The molecular formula is C19H18ClN3O6. The first-order valence-electron chi connectivity index (χ1n) is 8.47. The van der Waals surface area contributed by atoms with Crippen molar-refractivity contribution in [3.63, 3.8) is 0 Å². The van der Waals surface area contributed by atoms with Gasteiger partial charge in [0.2, 0.25) is 5.91 Å². The van der Waals surface area contributed by atoms with Crippen LogP contribution >= 0.6 is 11.6 Å². The Morgan fingerprint density at radius 2 is 1.79 bits per heavy atom. The SMILES string of the molecule is CC(=O)NC(CC(=O)OCC(=O)Nc1ccccc1[N+](=O)[O-])c1ccc(Cl)cc1. The van der Waals surface area contributed by atoms with Crippen molar-refractivity contribution in [1.29, 1.82) is 0 Å². The zero-order chi connectivity index (χ0) is 21.4. The fourth-order valence-electron chi connectivity index (χ4n) is 2.49. The number of rotatable bonds is 8. The van der Waals surface area contributed by atoms with Gasteiger partial charge < -0.3 is 15.4 Å². The number of amides is 2. The van der Waals surface area contributed by atoms with E-state index in [1.807, 2.05) is 0 Å². The Kier molecular flexibility index (Phi) is 7.67. The highest BCUT2D eigenvalue weighted by Crippen LogP contribution is 2.23. The molecule has 10 heteroatoms. The summed E-state index contributed by atoms with van der Waals surface area (Å²) >= 11 is 5.84. The quantitative estimate of drug-likeness (QED) is 0.384. The largest absolute Gasteiger partial charge is 0.455 e. The van der Waals surface area contributed by atoms with Crippen molar-refractivity contribution in [2.75, 3.05) is 11.9 Å². The highest BCUT2D eigenvalue weighted by molar-refractivity contribution is 6.30. The minimum atomic E-state index is -0.727. The molecule has 2 amide bonds. The molecule has 0 spiro atoms. The van der Waals surface area contributed by atoms with Crippen LogP contribution in [0, 0.1) is 10.1 Å². The van der Waals surface area contributed by atoms with Crippen LogP contribution < -0.4 is 10.6 Å². The predicted molar refractivity (Wildman–Crippen MR) is 105 cm³/mol. The van der Waals surface area contributed by atoms with Gasteiger partial charge in [-0.3, -0.25) is 24.5 Å². The van der Waals surface area contributed by atoms with Crippen LogP contribution in [0.2, 0.25) is 5.02 Å². The molecule has 152 valence electrons. The molecule has 0 aliphatic rings. The number of hydrogen-bond acceptors (Lipinski definition) is 6. The van der Waals surface area contributed by atoms with E-state index in [1.165, 1.54) is 31.2 Å². The Morgan fingerprint density at radius 3 is 2.41 bits per heavy atom. The molecule has 0 fully saturated rings. The predicted octanol–water partition coefficient (Wildman–Crippen LogP) is 3.00. The maximum absolute atomic E-state index is 12.1. The molecule has 29 heavy (non-hydrogen) atoms. The third-order valence-electron chi connectivity index (χ3n) is 3.76. The maximum atomic E-state index is 12.1. The third-order valence-corrected chi connectivity index (χ3v) is 4.01. The van der Waals surface area contributed by atoms with E-state index < -0.39 is 29.4 Å². The number of para-hydroxylation sites is 2. The van der Waals surface area contributed by atoms with Crippen LogP contribution in [-0.2, 0) is 19.1 Å². The van der Waals surface area contributed by atoms with Crippen LogP contribution in [0.5, 0.6) is 0 Å². The number of nitrogens with one attached hydrogen (secondary N) is 2. The number of nitrogens with zero attached hydrogens (tertiary/aromatic N) is 1. The monoisotopic (exact) mass is 419 g/mol. The number of nitro groups is 1. The molecule has 0 heterocycles. The summed E-state index contributed by atoms with van der Waals surface area (Å²) in [4.78, 5) is 45.8. The molecule has 9 nitrogen and oxygen atoms in total. The Labute approximate surface area is 171 Å². The highest BCUT2D eigenvalue weighted by Gasteiger charge is 2.20. The average Bonchev–Trinajstić information content (AvgIpc) is 2.66. The second kappa shape index (κ2) is 10.2. The summed E-state index contributed by atoms with van der Waals surface area (Å²) in [7, 11) is 0. The number of carbonyl (C=O) groups is 3. The van der Waals surface area contributed by atoms with Gasteiger partial charge in [-0.2, -0.15) is 0 Å². The number of hydrogen-bond donors (Lipinski definition) is 2. The second-order valence-corrected chi connectivity index (χ2v) is 6.43. The van der Waals surface area contributed by atoms with Gasteiger partial charge in [0.05, 0.1) is 17.4 Å². The molecule has 2 aromatic rings. The van der Waals surface area contributed by atoms with Crippen molar-refractivity contribution in [2.24, 2.45) is 0 Å². The lowest BCUT2D eigenvalue weighted by Crippen LogP contribution is -2.29. The number of anilines is 1. The number of nitro benzene ring substituents is 1. The van der Waals surface area contributed by atoms with Gasteiger partial charge in [0.25, 0.3) is 11.6 Å². The van der Waals surface area contributed by atoms with Gasteiger partial charge in [-0.05, 0) is 23.8 Å². The molecule has 2 N–H and O–H groups in total. The van der Waals surface area contributed by atoms with Crippen LogP contribution in [0.4, 0.5) is 11.4 Å². The van der Waals surface area contributed by atoms with Crippen LogP contribution in [-0.4, -0.2) is 29.3 Å². The molecule has 0 aromatic heterocycles. The van der Waals surface area contributed by atoms with Gasteiger partial charge in [0.15, 0.2) is 6.61 Å². The van der Waals surface area contributed by atoms with E-state index in [2.05, 4.69) is 10.6 Å². The number of halogens is 1. The minimum Gasteiger partial charge on any atom is -0.455 e. The van der Waals surface area contributed by atoms with Crippen molar-refractivity contribution >= 4 is 40.8 Å². The van der Waals surface area contributed by atoms with E-state index in [4.69, 9.17) is 16.3 Å². The molecule has 0 aliphatic heterocycles. The highest BCUT2D eigenvalue weighted by atomic mass is 35.5. The smallest absolute Gasteiger partial charge is 0.308 e. The van der Waals surface area contributed by atoms with Crippen molar-refractivity contribution in [3.8, 4) is 0 Å². The fraction of sp³-hybridized carbons (Fsp3) is 0.211. The standard InChI is InChI=1S/C19H18ClN3O6/c1-12(24)21-16(13-6-8-14(20)9-7-13)10-19(26)29-11-18(25)22-15-4-2-3-5-17(15)23(27)28/h2-9,16H,10-11H2,1H3,(H,21,24)(H,22,25).